The van der Waals surface area contributed by atoms with Gasteiger partial charge < -0.3 is 15.7 Å². The Morgan fingerprint density at radius 1 is 1.29 bits per heavy atom. The molecule has 140 valence electrons. The summed E-state index contributed by atoms with van der Waals surface area (Å²) >= 11 is 0. The normalized spacial score (nSPS) is 19.0. The Hall–Kier alpha value is -3.50. The zero-order valence-electron chi connectivity index (χ0n) is 15.6. The van der Waals surface area contributed by atoms with Crippen LogP contribution in [-0.2, 0) is 4.79 Å². The van der Waals surface area contributed by atoms with Gasteiger partial charge in [0.1, 0.15) is 11.3 Å². The molecule has 1 atom stereocenters. The molecule has 0 unspecified atom stereocenters. The summed E-state index contributed by atoms with van der Waals surface area (Å²) < 4.78 is 0. The molecule has 2 aromatic heterocycles. The third-order valence-electron chi connectivity index (χ3n) is 4.88. The molecule has 0 radical (unpaired) electrons. The first-order valence-electron chi connectivity index (χ1n) is 8.88. The van der Waals surface area contributed by atoms with Crippen molar-refractivity contribution >= 4 is 22.6 Å². The van der Waals surface area contributed by atoms with Crippen molar-refractivity contribution in [3.63, 3.8) is 0 Å². The van der Waals surface area contributed by atoms with Gasteiger partial charge >= 0.3 is 0 Å². The van der Waals surface area contributed by atoms with E-state index in [1.54, 1.807) is 13.2 Å². The standard InChI is InChI=1S/C21H19N5O2/c1-13-16-7-10-23-18(22)17(16)25-19(24-13)15-5-3-4-14(12-15)6-8-21(28)9-11-26(2)20(21)27/h3-5,7,10,12,28H,9,11H2,1-2H3,(H2,22,23)/t21-/m0/s1. The topological polar surface area (TPSA) is 105 Å². The monoisotopic (exact) mass is 373 g/mol. The van der Waals surface area contributed by atoms with Crippen LogP contribution in [0.1, 0.15) is 17.7 Å². The predicted octanol–water partition coefficient (Wildman–Crippen LogP) is 1.53. The van der Waals surface area contributed by atoms with Gasteiger partial charge in [-0.1, -0.05) is 24.0 Å². The van der Waals surface area contributed by atoms with Crippen molar-refractivity contribution in [2.24, 2.45) is 0 Å². The van der Waals surface area contributed by atoms with E-state index in [1.165, 1.54) is 4.90 Å². The van der Waals surface area contributed by atoms with Crippen molar-refractivity contribution in [3.05, 3.63) is 47.8 Å². The van der Waals surface area contributed by atoms with Crippen LogP contribution in [0.3, 0.4) is 0 Å². The van der Waals surface area contributed by atoms with Crippen molar-refractivity contribution in [3.8, 4) is 23.2 Å². The Morgan fingerprint density at radius 3 is 2.86 bits per heavy atom. The van der Waals surface area contributed by atoms with Crippen LogP contribution in [0.4, 0.5) is 5.82 Å². The molecule has 3 heterocycles. The first-order chi connectivity index (χ1) is 13.4. The number of hydrogen-bond acceptors (Lipinski definition) is 6. The summed E-state index contributed by atoms with van der Waals surface area (Å²) in [6.07, 6.45) is 1.94. The SMILES string of the molecule is Cc1nc(-c2cccc(C#C[C@]3(O)CCN(C)C3=O)c2)nc2c(N)nccc12. The highest BCUT2D eigenvalue weighted by Crippen LogP contribution is 2.25. The highest BCUT2D eigenvalue weighted by molar-refractivity contribution is 5.91. The number of carbonyl (C=O) groups excluding carboxylic acids is 1. The molecule has 0 aliphatic carbocycles. The number of anilines is 1. The second-order valence-corrected chi connectivity index (χ2v) is 6.89. The molecule has 3 aromatic rings. The summed E-state index contributed by atoms with van der Waals surface area (Å²) in [7, 11) is 1.66. The van der Waals surface area contributed by atoms with Crippen LogP contribution in [-0.4, -0.2) is 50.1 Å². The fourth-order valence-corrected chi connectivity index (χ4v) is 3.24. The zero-order chi connectivity index (χ0) is 19.9. The molecule has 0 bridgehead atoms. The van der Waals surface area contributed by atoms with E-state index >= 15 is 0 Å². The molecule has 7 heteroatoms. The molecule has 0 spiro atoms. The molecule has 1 aromatic carbocycles. The van der Waals surface area contributed by atoms with Crippen molar-refractivity contribution in [2.75, 3.05) is 19.3 Å². The van der Waals surface area contributed by atoms with Gasteiger partial charge in [-0.25, -0.2) is 15.0 Å². The molecule has 1 aliphatic rings. The fourth-order valence-electron chi connectivity index (χ4n) is 3.24. The number of pyridine rings is 1. The lowest BCUT2D eigenvalue weighted by Crippen LogP contribution is -2.37. The lowest BCUT2D eigenvalue weighted by Gasteiger charge is -2.13. The minimum Gasteiger partial charge on any atom is -0.382 e. The molecule has 28 heavy (non-hydrogen) atoms. The minimum atomic E-state index is -1.62. The Labute approximate surface area is 162 Å². The number of aryl methyl sites for hydroxylation is 1. The quantitative estimate of drug-likeness (QED) is 0.627. The molecule has 7 nitrogen and oxygen atoms in total. The van der Waals surface area contributed by atoms with Crippen LogP contribution in [0.5, 0.6) is 0 Å². The highest BCUT2D eigenvalue weighted by atomic mass is 16.3. The number of amides is 1. The Balaban J connectivity index is 1.73. The van der Waals surface area contributed by atoms with Crippen LogP contribution in [0.2, 0.25) is 0 Å². The van der Waals surface area contributed by atoms with Crippen LogP contribution in [0.15, 0.2) is 36.5 Å². The largest absolute Gasteiger partial charge is 0.382 e. The average Bonchev–Trinajstić information content (AvgIpc) is 2.95. The first-order valence-corrected chi connectivity index (χ1v) is 8.88. The van der Waals surface area contributed by atoms with Crippen LogP contribution < -0.4 is 5.73 Å². The summed E-state index contributed by atoms with van der Waals surface area (Å²) in [6, 6.07) is 9.19. The van der Waals surface area contributed by atoms with Gasteiger partial charge in [-0.05, 0) is 25.1 Å². The van der Waals surface area contributed by atoms with Gasteiger partial charge in [0, 0.05) is 48.4 Å². The Kier molecular flexibility index (Phi) is 4.21. The van der Waals surface area contributed by atoms with Crippen molar-refractivity contribution in [1.82, 2.24) is 19.9 Å². The minimum absolute atomic E-state index is 0.300. The lowest BCUT2D eigenvalue weighted by atomic mass is 10.0. The maximum absolute atomic E-state index is 12.1. The second-order valence-electron chi connectivity index (χ2n) is 6.89. The van der Waals surface area contributed by atoms with Gasteiger partial charge in [0.25, 0.3) is 5.91 Å². The number of rotatable bonds is 1. The van der Waals surface area contributed by atoms with E-state index in [1.807, 2.05) is 37.3 Å². The molecule has 1 aliphatic heterocycles. The molecular formula is C21H19N5O2. The molecule has 0 saturated carbocycles. The van der Waals surface area contributed by atoms with E-state index in [2.05, 4.69) is 26.8 Å². The summed E-state index contributed by atoms with van der Waals surface area (Å²) in [6.45, 7) is 2.39. The molecule has 1 fully saturated rings. The Bertz CT molecular complexity index is 1160. The van der Waals surface area contributed by atoms with Crippen LogP contribution in [0.25, 0.3) is 22.3 Å². The third kappa shape index (κ3) is 3.04. The number of aliphatic hydroxyl groups is 1. The number of fused-ring (bicyclic) bond motifs is 1. The number of carbonyl (C=O) groups is 1. The maximum atomic E-state index is 12.1. The summed E-state index contributed by atoms with van der Waals surface area (Å²) in [5, 5.41) is 11.3. The van der Waals surface area contributed by atoms with Crippen molar-refractivity contribution in [2.45, 2.75) is 18.9 Å². The number of hydrogen-bond donors (Lipinski definition) is 2. The number of nitrogen functional groups attached to an aromatic ring is 1. The van der Waals surface area contributed by atoms with Gasteiger partial charge in [-0.15, -0.1) is 0 Å². The number of aromatic nitrogens is 3. The second kappa shape index (κ2) is 6.59. The van der Waals surface area contributed by atoms with Crippen LogP contribution in [0, 0.1) is 18.8 Å². The molecule has 1 saturated heterocycles. The lowest BCUT2D eigenvalue weighted by molar-refractivity contribution is -0.137. The molecular weight excluding hydrogens is 354 g/mol. The molecule has 3 N–H and O–H groups in total. The predicted molar refractivity (Wildman–Crippen MR) is 106 cm³/mol. The number of benzene rings is 1. The van der Waals surface area contributed by atoms with E-state index in [4.69, 9.17) is 5.73 Å². The third-order valence-corrected chi connectivity index (χ3v) is 4.88. The fraction of sp³-hybridized carbons (Fsp3) is 0.238. The smallest absolute Gasteiger partial charge is 0.267 e. The van der Waals surface area contributed by atoms with Crippen molar-refractivity contribution < 1.29 is 9.90 Å². The van der Waals surface area contributed by atoms with E-state index in [0.29, 0.717) is 35.7 Å². The van der Waals surface area contributed by atoms with Gasteiger partial charge in [0.05, 0.1) is 0 Å². The molecule has 1 amide bonds. The van der Waals surface area contributed by atoms with Crippen LogP contribution >= 0.6 is 0 Å². The number of likely N-dealkylation sites (N-methyl/N-ethyl adjacent to an activating group) is 1. The molecule has 4 rings (SSSR count). The van der Waals surface area contributed by atoms with E-state index in [9.17, 15) is 9.90 Å². The highest BCUT2D eigenvalue weighted by Gasteiger charge is 2.42. The Morgan fingerprint density at radius 2 is 2.11 bits per heavy atom. The first kappa shape index (κ1) is 17.9. The van der Waals surface area contributed by atoms with Gasteiger partial charge in [-0.2, -0.15) is 0 Å². The number of nitrogens with zero attached hydrogens (tertiary/aromatic N) is 4. The van der Waals surface area contributed by atoms with E-state index < -0.39 is 5.60 Å². The maximum Gasteiger partial charge on any atom is 0.267 e. The van der Waals surface area contributed by atoms with Gasteiger partial charge in [0.15, 0.2) is 5.82 Å². The van der Waals surface area contributed by atoms with E-state index in [-0.39, 0.29) is 5.91 Å². The van der Waals surface area contributed by atoms with Gasteiger partial charge in [-0.3, -0.25) is 4.79 Å². The summed E-state index contributed by atoms with van der Waals surface area (Å²) in [5.74, 6) is 6.14. The van der Waals surface area contributed by atoms with Crippen molar-refractivity contribution in [1.29, 1.82) is 0 Å². The zero-order valence-corrected chi connectivity index (χ0v) is 15.6. The summed E-state index contributed by atoms with van der Waals surface area (Å²) in [5.41, 5.74) is 7.19. The summed E-state index contributed by atoms with van der Waals surface area (Å²) in [4.78, 5) is 26.8. The van der Waals surface area contributed by atoms with E-state index in [0.717, 1.165) is 16.6 Å². The number of likely N-dealkylation sites (tertiary alicyclic amines) is 1. The average molecular weight is 373 g/mol. The number of nitrogens with two attached hydrogens (primary N) is 1. The van der Waals surface area contributed by atoms with Gasteiger partial charge in [0.2, 0.25) is 5.60 Å².